The first-order chi connectivity index (χ1) is 22.1. The van der Waals surface area contributed by atoms with Gasteiger partial charge in [0.25, 0.3) is 0 Å². The van der Waals surface area contributed by atoms with Gasteiger partial charge in [-0.25, -0.2) is 4.79 Å². The number of ether oxygens (including phenoxy) is 1. The number of carbonyl (C=O) groups is 4. The Hall–Kier alpha value is -2.38. The predicted molar refractivity (Wildman–Crippen MR) is 183 cm³/mol. The topological polar surface area (TPSA) is 121 Å². The molecule has 268 valence electrons. The number of aliphatic carboxylic acids is 1. The molecule has 0 spiro atoms. The van der Waals surface area contributed by atoms with Crippen LogP contribution in [-0.2, 0) is 19.1 Å². The average molecular weight is 668 g/mol. The fourth-order valence-corrected chi connectivity index (χ4v) is 14.1. The van der Waals surface area contributed by atoms with Gasteiger partial charge in [0, 0.05) is 12.5 Å². The molecule has 3 unspecified atom stereocenters. The Kier molecular flexibility index (Phi) is 8.17. The van der Waals surface area contributed by atoms with Crippen LogP contribution in [0.4, 0.5) is 4.79 Å². The summed E-state index contributed by atoms with van der Waals surface area (Å²) in [6, 6.07) is 0. The van der Waals surface area contributed by atoms with Crippen molar-refractivity contribution < 1.29 is 34.1 Å². The van der Waals surface area contributed by atoms with Gasteiger partial charge in [-0.1, -0.05) is 60.6 Å². The molecule has 0 aromatic heterocycles. The third-order valence-electron chi connectivity index (χ3n) is 17.1. The van der Waals surface area contributed by atoms with Crippen molar-refractivity contribution in [3.05, 3.63) is 12.2 Å². The van der Waals surface area contributed by atoms with E-state index in [1.807, 2.05) is 13.8 Å². The van der Waals surface area contributed by atoms with Crippen LogP contribution in [-0.4, -0.2) is 52.2 Å². The number of hydrogen-bond acceptors (Lipinski definition) is 5. The van der Waals surface area contributed by atoms with Crippen molar-refractivity contribution in [2.45, 2.75) is 132 Å². The lowest BCUT2D eigenvalue weighted by Crippen LogP contribution is -2.67. The Bertz CT molecular complexity index is 1420. The second-order valence-electron chi connectivity index (χ2n) is 19.3. The summed E-state index contributed by atoms with van der Waals surface area (Å²) in [4.78, 5) is 52.3. The van der Waals surface area contributed by atoms with Crippen molar-refractivity contribution >= 4 is 23.9 Å². The largest absolute Gasteiger partial charge is 0.481 e. The molecule has 0 aromatic carbocycles. The smallest absolute Gasteiger partial charge is 0.413 e. The number of fused-ring (bicyclic) bond motifs is 7. The standard InChI is InChI=1S/C40H61NO7/c1-22(2)23-13-18-40(33(45)41(10)34(46)47)20-19-38(8)24(30(23)40)11-12-28-37(7)16-15-29(36(5,6)27(37)14-17-39(28,38)9)48-32(44)26-21-25(31(42)43)35(26,3)4/h23-30H,1,11-21H2,2-10H3,(H,42,43)(H,46,47)/t23-,24?,25-,26?,27-,28+,29-,30?,37-,38+,39+,40-/m0/s1. The summed E-state index contributed by atoms with van der Waals surface area (Å²) in [5, 5.41) is 19.4. The van der Waals surface area contributed by atoms with Gasteiger partial charge in [-0.3, -0.25) is 19.3 Å². The summed E-state index contributed by atoms with van der Waals surface area (Å²) < 4.78 is 6.37. The molecule has 0 saturated heterocycles. The highest BCUT2D eigenvalue weighted by Gasteiger charge is 2.72. The van der Waals surface area contributed by atoms with Crippen LogP contribution in [0.1, 0.15) is 126 Å². The Labute approximate surface area is 287 Å². The molecule has 6 aliphatic carbocycles. The van der Waals surface area contributed by atoms with Crippen LogP contribution >= 0.6 is 0 Å². The first-order valence-electron chi connectivity index (χ1n) is 18.7. The van der Waals surface area contributed by atoms with Crippen molar-refractivity contribution in [3.8, 4) is 0 Å². The molecule has 8 nitrogen and oxygen atoms in total. The zero-order chi connectivity index (χ0) is 35.6. The summed E-state index contributed by atoms with van der Waals surface area (Å²) >= 11 is 0. The lowest BCUT2D eigenvalue weighted by atomic mass is 9.32. The van der Waals surface area contributed by atoms with Gasteiger partial charge in [-0.15, -0.1) is 0 Å². The van der Waals surface area contributed by atoms with Crippen LogP contribution in [0.25, 0.3) is 0 Å². The van der Waals surface area contributed by atoms with E-state index in [2.05, 4.69) is 48.1 Å². The number of hydrogen-bond donors (Lipinski definition) is 2. The number of esters is 1. The van der Waals surface area contributed by atoms with Crippen LogP contribution in [0.2, 0.25) is 0 Å². The molecule has 6 saturated carbocycles. The molecule has 48 heavy (non-hydrogen) atoms. The van der Waals surface area contributed by atoms with E-state index in [4.69, 9.17) is 4.74 Å². The lowest BCUT2D eigenvalue weighted by molar-refractivity contribution is -0.251. The molecular weight excluding hydrogens is 606 g/mol. The molecular formula is C40H61NO7. The van der Waals surface area contributed by atoms with E-state index in [0.29, 0.717) is 24.2 Å². The monoisotopic (exact) mass is 667 g/mol. The molecule has 12 atom stereocenters. The SMILES string of the molecule is C=C(C)[C@@H]1CC[C@]2(C(=O)N(C)C(=O)O)CC[C@]3(C)C(CC[C@@H]4[C@@]5(C)CC[C@H](OC(=O)C6C[C@@H](C(=O)O)C6(C)C)C(C)(C)[C@@H]5CC[C@]43C)C12. The van der Waals surface area contributed by atoms with Gasteiger partial charge < -0.3 is 14.9 Å². The summed E-state index contributed by atoms with van der Waals surface area (Å²) in [6.07, 6.45) is 8.37. The predicted octanol–water partition coefficient (Wildman–Crippen LogP) is 8.44. The Morgan fingerprint density at radius 2 is 1.42 bits per heavy atom. The number of allylic oxidation sites excluding steroid dienone is 1. The molecule has 0 aromatic rings. The minimum Gasteiger partial charge on any atom is -0.481 e. The summed E-state index contributed by atoms with van der Waals surface area (Å²) in [7, 11) is 1.42. The number of imide groups is 1. The Balaban J connectivity index is 1.27. The van der Waals surface area contributed by atoms with Crippen LogP contribution in [0, 0.1) is 73.9 Å². The van der Waals surface area contributed by atoms with E-state index in [-0.39, 0.29) is 57.4 Å². The molecule has 8 heteroatoms. The van der Waals surface area contributed by atoms with Crippen molar-refractivity contribution in [3.63, 3.8) is 0 Å². The van der Waals surface area contributed by atoms with Crippen molar-refractivity contribution in [2.24, 2.45) is 73.9 Å². The van der Waals surface area contributed by atoms with Crippen LogP contribution in [0.15, 0.2) is 12.2 Å². The minimum atomic E-state index is -1.17. The molecule has 6 fully saturated rings. The highest BCUT2D eigenvalue weighted by Crippen LogP contribution is 2.77. The van der Waals surface area contributed by atoms with Crippen molar-refractivity contribution in [1.29, 1.82) is 0 Å². The fourth-order valence-electron chi connectivity index (χ4n) is 14.1. The van der Waals surface area contributed by atoms with Gasteiger partial charge in [0.2, 0.25) is 5.91 Å². The van der Waals surface area contributed by atoms with Gasteiger partial charge in [-0.2, -0.15) is 0 Å². The zero-order valence-corrected chi connectivity index (χ0v) is 31.0. The maximum atomic E-state index is 14.1. The van der Waals surface area contributed by atoms with E-state index in [0.717, 1.165) is 74.7 Å². The highest BCUT2D eigenvalue weighted by atomic mass is 16.5. The van der Waals surface area contributed by atoms with E-state index < -0.39 is 28.8 Å². The summed E-state index contributed by atoms with van der Waals surface area (Å²) in [5.74, 6) is -0.633. The van der Waals surface area contributed by atoms with Gasteiger partial charge in [0.05, 0.1) is 17.3 Å². The molecule has 2 amide bonds. The first kappa shape index (κ1) is 35.4. The van der Waals surface area contributed by atoms with E-state index in [1.165, 1.54) is 7.05 Å². The third-order valence-corrected chi connectivity index (χ3v) is 17.1. The summed E-state index contributed by atoms with van der Waals surface area (Å²) in [5.41, 5.74) is -0.179. The molecule has 6 aliphatic rings. The number of rotatable bonds is 5. The normalized spacial score (nSPS) is 46.8. The lowest BCUT2D eigenvalue weighted by Gasteiger charge is -2.73. The van der Waals surface area contributed by atoms with Crippen molar-refractivity contribution in [1.82, 2.24) is 4.90 Å². The van der Waals surface area contributed by atoms with Gasteiger partial charge in [0.15, 0.2) is 0 Å². The second kappa shape index (κ2) is 11.1. The minimum absolute atomic E-state index is 0.0160. The highest BCUT2D eigenvalue weighted by molar-refractivity contribution is 5.95. The second-order valence-corrected chi connectivity index (χ2v) is 19.3. The quantitative estimate of drug-likeness (QED) is 0.223. The molecule has 6 rings (SSSR count). The molecule has 0 radical (unpaired) electrons. The number of carboxylic acids is 1. The zero-order valence-electron chi connectivity index (χ0n) is 31.0. The first-order valence-corrected chi connectivity index (χ1v) is 18.7. The number of carbonyl (C=O) groups excluding carboxylic acids is 2. The molecule has 2 N–H and O–H groups in total. The Morgan fingerprint density at radius 3 is 2.00 bits per heavy atom. The maximum absolute atomic E-state index is 14.1. The van der Waals surface area contributed by atoms with E-state index in [1.54, 1.807) is 0 Å². The van der Waals surface area contributed by atoms with Gasteiger partial charge in [0.1, 0.15) is 6.10 Å². The average Bonchev–Trinajstić information content (AvgIpc) is 3.38. The number of amides is 2. The van der Waals surface area contributed by atoms with Crippen LogP contribution in [0.5, 0.6) is 0 Å². The Morgan fingerprint density at radius 1 is 0.750 bits per heavy atom. The van der Waals surface area contributed by atoms with Crippen LogP contribution in [0.3, 0.4) is 0 Å². The van der Waals surface area contributed by atoms with E-state index in [9.17, 15) is 29.4 Å². The van der Waals surface area contributed by atoms with Crippen molar-refractivity contribution in [2.75, 3.05) is 7.05 Å². The van der Waals surface area contributed by atoms with E-state index >= 15 is 0 Å². The van der Waals surface area contributed by atoms with Gasteiger partial charge >= 0.3 is 18.0 Å². The van der Waals surface area contributed by atoms with Gasteiger partial charge in [-0.05, 0) is 129 Å². The third kappa shape index (κ3) is 4.50. The molecule has 0 heterocycles. The summed E-state index contributed by atoms with van der Waals surface area (Å²) in [6.45, 7) is 22.4. The number of carboxylic acid groups (broad SMARTS) is 2. The number of nitrogens with zero attached hydrogens (tertiary/aromatic N) is 1. The molecule has 0 aliphatic heterocycles. The molecule has 0 bridgehead atoms. The maximum Gasteiger partial charge on any atom is 0.413 e. The fraction of sp³-hybridized carbons (Fsp3) is 0.850. The van der Waals surface area contributed by atoms with Crippen LogP contribution < -0.4 is 0 Å².